The number of hydrogen-bond donors (Lipinski definition) is 1. The maximum absolute atomic E-state index is 12.6. The average Bonchev–Trinajstić information content (AvgIpc) is 3.00. The Morgan fingerprint density at radius 1 is 1.42 bits per heavy atom. The summed E-state index contributed by atoms with van der Waals surface area (Å²) in [5, 5.41) is 3.24. The second kappa shape index (κ2) is 7.29. The minimum atomic E-state index is -3.90. The summed E-state index contributed by atoms with van der Waals surface area (Å²) in [4.78, 5) is 17.9. The van der Waals surface area contributed by atoms with Gasteiger partial charge in [0.1, 0.15) is 18.0 Å². The molecule has 0 spiro atoms. The number of nitrogens with zero attached hydrogens (tertiary/aromatic N) is 4. The molecule has 0 saturated carbocycles. The van der Waals surface area contributed by atoms with Gasteiger partial charge in [0.2, 0.25) is 0 Å². The first kappa shape index (κ1) is 18.4. The predicted molar refractivity (Wildman–Crippen MR) is 90.5 cm³/mol. The molecular weight excluding hydrogens is 354 g/mol. The topological polar surface area (TPSA) is 97.2 Å². The number of benzene rings is 1. The minimum Gasteiger partial charge on any atom is -0.292 e. The zero-order chi connectivity index (χ0) is 17.9. The zero-order valence-electron chi connectivity index (χ0n) is 13.5. The van der Waals surface area contributed by atoms with E-state index in [-0.39, 0.29) is 10.6 Å². The second-order valence-corrected chi connectivity index (χ2v) is 7.52. The van der Waals surface area contributed by atoms with E-state index < -0.39 is 21.3 Å². The molecule has 2 rings (SSSR count). The molecule has 1 heterocycles. The van der Waals surface area contributed by atoms with Crippen LogP contribution < -0.4 is 4.72 Å². The van der Waals surface area contributed by atoms with E-state index in [9.17, 15) is 13.2 Å². The normalized spacial score (nSPS) is 13.0. The van der Waals surface area contributed by atoms with Crippen LogP contribution in [-0.2, 0) is 10.0 Å². The first-order chi connectivity index (χ1) is 11.3. The largest absolute Gasteiger partial charge is 0.292 e. The average molecular weight is 372 g/mol. The molecule has 1 atom stereocenters. The van der Waals surface area contributed by atoms with E-state index in [2.05, 4.69) is 14.8 Å². The molecule has 8 nitrogen and oxygen atoms in total. The summed E-state index contributed by atoms with van der Waals surface area (Å²) in [6.45, 7) is 1.73. The highest BCUT2D eigenvalue weighted by molar-refractivity contribution is 7.90. The summed E-state index contributed by atoms with van der Waals surface area (Å²) >= 11 is 6.12. The Morgan fingerprint density at radius 2 is 2.12 bits per heavy atom. The van der Waals surface area contributed by atoms with Crippen LogP contribution in [0, 0.1) is 0 Å². The predicted octanol–water partition coefficient (Wildman–Crippen LogP) is 1.28. The molecule has 0 bridgehead atoms. The van der Waals surface area contributed by atoms with E-state index in [0.717, 1.165) is 0 Å². The van der Waals surface area contributed by atoms with E-state index >= 15 is 0 Å². The fraction of sp³-hybridized carbons (Fsp3) is 0.357. The van der Waals surface area contributed by atoms with E-state index in [4.69, 9.17) is 11.6 Å². The first-order valence-electron chi connectivity index (χ1n) is 7.13. The Hall–Kier alpha value is -1.97. The summed E-state index contributed by atoms with van der Waals surface area (Å²) in [5.41, 5.74) is 0.354. The van der Waals surface area contributed by atoms with Crippen LogP contribution in [0.3, 0.4) is 0 Å². The van der Waals surface area contributed by atoms with Gasteiger partial charge in [-0.3, -0.25) is 9.69 Å². The highest BCUT2D eigenvalue weighted by Gasteiger charge is 2.29. The van der Waals surface area contributed by atoms with Gasteiger partial charge in [0.05, 0.1) is 16.3 Å². The van der Waals surface area contributed by atoms with Gasteiger partial charge < -0.3 is 0 Å². The third kappa shape index (κ3) is 3.74. The molecule has 1 aromatic carbocycles. The number of aromatic nitrogens is 3. The number of nitrogens with one attached hydrogen (secondary N) is 1. The van der Waals surface area contributed by atoms with Gasteiger partial charge in [-0.05, 0) is 32.6 Å². The summed E-state index contributed by atoms with van der Waals surface area (Å²) in [6, 6.07) is 4.75. The number of carbonyl (C=O) groups excluding carboxylic acids is 1. The number of sulfonamides is 1. The van der Waals surface area contributed by atoms with Crippen LogP contribution in [-0.4, -0.2) is 53.5 Å². The number of amides is 1. The van der Waals surface area contributed by atoms with E-state index in [1.807, 2.05) is 0 Å². The molecule has 0 aliphatic carbocycles. The number of hydrogen-bond acceptors (Lipinski definition) is 6. The second-order valence-electron chi connectivity index (χ2n) is 5.28. The van der Waals surface area contributed by atoms with Crippen LogP contribution in [0.5, 0.6) is 0 Å². The van der Waals surface area contributed by atoms with E-state index in [0.29, 0.717) is 12.1 Å². The van der Waals surface area contributed by atoms with Crippen LogP contribution in [0.2, 0.25) is 5.02 Å². The maximum Gasteiger partial charge on any atom is 0.268 e. The van der Waals surface area contributed by atoms with Crippen LogP contribution in [0.15, 0.2) is 30.9 Å². The summed E-state index contributed by atoms with van der Waals surface area (Å²) in [7, 11) is -0.633. The van der Waals surface area contributed by atoms with Crippen molar-refractivity contribution in [2.75, 3.05) is 14.1 Å². The Bertz CT molecular complexity index is 821. The van der Waals surface area contributed by atoms with Crippen molar-refractivity contribution in [1.29, 1.82) is 0 Å². The lowest BCUT2D eigenvalue weighted by Gasteiger charge is -2.23. The number of rotatable bonds is 6. The Morgan fingerprint density at radius 3 is 2.67 bits per heavy atom. The number of carbonyl (C=O) groups is 1. The summed E-state index contributed by atoms with van der Waals surface area (Å²) in [6.07, 6.45) is 3.03. The molecule has 1 unspecified atom stereocenters. The van der Waals surface area contributed by atoms with Crippen molar-refractivity contribution in [3.8, 4) is 5.69 Å². The molecule has 1 aromatic heterocycles. The summed E-state index contributed by atoms with van der Waals surface area (Å²) < 4.78 is 28.3. The van der Waals surface area contributed by atoms with Crippen LogP contribution in [0.4, 0.5) is 0 Å². The van der Waals surface area contributed by atoms with Gasteiger partial charge in [0.15, 0.2) is 0 Å². The third-order valence-electron chi connectivity index (χ3n) is 3.40. The Labute approximate surface area is 145 Å². The smallest absolute Gasteiger partial charge is 0.268 e. The minimum absolute atomic E-state index is 0.0156. The molecule has 24 heavy (non-hydrogen) atoms. The molecule has 0 radical (unpaired) electrons. The van der Waals surface area contributed by atoms with Crippen molar-refractivity contribution in [3.05, 3.63) is 41.4 Å². The molecule has 0 aliphatic heterocycles. The highest BCUT2D eigenvalue weighted by Crippen LogP contribution is 2.23. The van der Waals surface area contributed by atoms with E-state index in [1.165, 1.54) is 28.3 Å². The van der Waals surface area contributed by atoms with Crippen LogP contribution in [0.25, 0.3) is 5.69 Å². The highest BCUT2D eigenvalue weighted by atomic mass is 35.5. The lowest BCUT2D eigenvalue weighted by molar-refractivity contribution is 0.0980. The van der Waals surface area contributed by atoms with Gasteiger partial charge >= 0.3 is 0 Å². The lowest BCUT2D eigenvalue weighted by atomic mass is 10.1. The van der Waals surface area contributed by atoms with Crippen molar-refractivity contribution in [2.24, 2.45) is 0 Å². The van der Waals surface area contributed by atoms with Crippen LogP contribution in [0.1, 0.15) is 23.7 Å². The summed E-state index contributed by atoms with van der Waals surface area (Å²) in [5.74, 6) is -0.814. The Kier molecular flexibility index (Phi) is 5.58. The first-order valence-corrected chi connectivity index (χ1v) is 9.06. The van der Waals surface area contributed by atoms with Crippen molar-refractivity contribution < 1.29 is 13.2 Å². The van der Waals surface area contributed by atoms with Crippen molar-refractivity contribution >= 4 is 27.5 Å². The molecule has 0 fully saturated rings. The van der Waals surface area contributed by atoms with Gasteiger partial charge in [0, 0.05) is 0 Å². The third-order valence-corrected chi connectivity index (χ3v) is 5.66. The van der Waals surface area contributed by atoms with Gasteiger partial charge in [-0.15, -0.1) is 0 Å². The standard InChI is InChI=1S/C14H18ClN5O3S/c1-4-12(19(2)3)24(22,23)18-14(21)13-10(15)6-5-7-11(13)20-9-16-8-17-20/h5-9,12H,4H2,1-3H3,(H,18,21). The quantitative estimate of drug-likeness (QED) is 0.821. The SMILES string of the molecule is CCC(N(C)C)S(=O)(=O)NC(=O)c1c(Cl)cccc1-n1cncn1. The van der Waals surface area contributed by atoms with Crippen molar-refractivity contribution in [3.63, 3.8) is 0 Å². The molecule has 2 aromatic rings. The van der Waals surface area contributed by atoms with Crippen molar-refractivity contribution in [1.82, 2.24) is 24.4 Å². The molecule has 0 saturated heterocycles. The molecule has 10 heteroatoms. The van der Waals surface area contributed by atoms with E-state index in [1.54, 1.807) is 33.2 Å². The zero-order valence-corrected chi connectivity index (χ0v) is 15.0. The van der Waals surface area contributed by atoms with Gasteiger partial charge in [-0.2, -0.15) is 5.10 Å². The molecular formula is C14H18ClN5O3S. The van der Waals surface area contributed by atoms with Gasteiger partial charge in [-0.1, -0.05) is 24.6 Å². The van der Waals surface area contributed by atoms with Crippen LogP contribution >= 0.6 is 11.6 Å². The van der Waals surface area contributed by atoms with Crippen molar-refractivity contribution in [2.45, 2.75) is 18.7 Å². The number of halogens is 1. The van der Waals surface area contributed by atoms with Gasteiger partial charge in [0.25, 0.3) is 15.9 Å². The monoisotopic (exact) mass is 371 g/mol. The fourth-order valence-electron chi connectivity index (χ4n) is 2.37. The Balaban J connectivity index is 2.41. The maximum atomic E-state index is 12.6. The fourth-order valence-corrected chi connectivity index (χ4v) is 4.12. The van der Waals surface area contributed by atoms with Gasteiger partial charge in [-0.25, -0.2) is 22.8 Å². The molecule has 1 N–H and O–H groups in total. The molecule has 0 aliphatic rings. The molecule has 1 amide bonds. The molecule has 130 valence electrons. The lowest BCUT2D eigenvalue weighted by Crippen LogP contribution is -2.45.